The van der Waals surface area contributed by atoms with Gasteiger partial charge in [0.25, 0.3) is 0 Å². The predicted molar refractivity (Wildman–Crippen MR) is 142 cm³/mol. The van der Waals surface area contributed by atoms with Crippen molar-refractivity contribution in [2.75, 3.05) is 5.73 Å². The van der Waals surface area contributed by atoms with E-state index in [1.54, 1.807) is 23.3 Å². The molecule has 3 N–H and O–H groups in total. The topological polar surface area (TPSA) is 111 Å². The van der Waals surface area contributed by atoms with Gasteiger partial charge in [-0.2, -0.15) is 4.68 Å². The van der Waals surface area contributed by atoms with Crippen LogP contribution in [0.4, 0.5) is 5.82 Å². The number of tetrazole rings is 1. The zero-order valence-electron chi connectivity index (χ0n) is 20.0. The zero-order valence-corrected chi connectivity index (χ0v) is 20.7. The van der Waals surface area contributed by atoms with Crippen molar-refractivity contribution in [3.8, 4) is 16.9 Å². The van der Waals surface area contributed by atoms with Gasteiger partial charge in [-0.25, -0.2) is 9.97 Å². The normalized spacial score (nSPS) is 14.9. The molecule has 1 aliphatic carbocycles. The fourth-order valence-electron chi connectivity index (χ4n) is 4.21. The lowest BCUT2D eigenvalue weighted by Crippen LogP contribution is -2.04. The van der Waals surface area contributed by atoms with Gasteiger partial charge >= 0.3 is 0 Å². The molecule has 182 valence electrons. The van der Waals surface area contributed by atoms with E-state index in [9.17, 15) is 0 Å². The minimum atomic E-state index is 0.0840. The van der Waals surface area contributed by atoms with Gasteiger partial charge in [0.05, 0.1) is 11.4 Å². The quantitative estimate of drug-likeness (QED) is 0.283. The number of nitrogen functional groups attached to an aromatic ring is 1. The summed E-state index contributed by atoms with van der Waals surface area (Å²) in [5.74, 6) is 2.18. The number of imidazole rings is 1. The highest BCUT2D eigenvalue weighted by molar-refractivity contribution is 6.30. The van der Waals surface area contributed by atoms with Crippen molar-refractivity contribution in [3.05, 3.63) is 95.8 Å². The SMILES string of the molecule is C=C(/C=C\C(=C/C)c1cc(Cl)ccc1-n1cnnn1)C(CC1CC1)c1nc(-c2ccc(N)nc2)c[nH]1. The number of nitrogens with two attached hydrogens (primary N) is 1. The van der Waals surface area contributed by atoms with Crippen molar-refractivity contribution in [3.63, 3.8) is 0 Å². The third kappa shape index (κ3) is 5.28. The molecule has 1 aromatic carbocycles. The summed E-state index contributed by atoms with van der Waals surface area (Å²) in [6.45, 7) is 6.42. The van der Waals surface area contributed by atoms with Gasteiger partial charge in [-0.15, -0.1) is 5.10 Å². The summed E-state index contributed by atoms with van der Waals surface area (Å²) in [5.41, 5.74) is 11.2. The molecule has 0 amide bonds. The molecule has 1 fully saturated rings. The smallest absolute Gasteiger partial charge is 0.143 e. The molecule has 0 aliphatic heterocycles. The first-order valence-electron chi connectivity index (χ1n) is 11.9. The Morgan fingerprint density at radius 2 is 2.14 bits per heavy atom. The molecule has 0 radical (unpaired) electrons. The number of allylic oxidation sites excluding steroid dienone is 5. The molecule has 4 aromatic rings. The average Bonchev–Trinajstić information content (AvgIpc) is 3.31. The Morgan fingerprint density at radius 1 is 1.28 bits per heavy atom. The van der Waals surface area contributed by atoms with Crippen LogP contribution in [0.25, 0.3) is 22.5 Å². The molecule has 0 spiro atoms. The second-order valence-electron chi connectivity index (χ2n) is 8.94. The van der Waals surface area contributed by atoms with Crippen molar-refractivity contribution in [1.82, 2.24) is 35.2 Å². The number of halogens is 1. The van der Waals surface area contributed by atoms with Crippen molar-refractivity contribution in [2.24, 2.45) is 5.92 Å². The Morgan fingerprint density at radius 3 is 2.83 bits per heavy atom. The van der Waals surface area contributed by atoms with E-state index in [2.05, 4.69) is 44.2 Å². The van der Waals surface area contributed by atoms with Crippen molar-refractivity contribution >= 4 is 23.0 Å². The monoisotopic (exact) mass is 498 g/mol. The summed E-state index contributed by atoms with van der Waals surface area (Å²) in [6.07, 6.45) is 14.9. The summed E-state index contributed by atoms with van der Waals surface area (Å²) in [5, 5.41) is 12.2. The summed E-state index contributed by atoms with van der Waals surface area (Å²) in [6, 6.07) is 9.37. The fourth-order valence-corrected chi connectivity index (χ4v) is 4.38. The number of hydrogen-bond donors (Lipinski definition) is 2. The van der Waals surface area contributed by atoms with Gasteiger partial charge in [-0.1, -0.05) is 49.2 Å². The first-order chi connectivity index (χ1) is 17.5. The number of benzene rings is 1. The Labute approximate surface area is 214 Å². The van der Waals surface area contributed by atoms with Crippen LogP contribution >= 0.6 is 11.6 Å². The summed E-state index contributed by atoms with van der Waals surface area (Å²) in [7, 11) is 0. The number of hydrogen-bond acceptors (Lipinski definition) is 6. The van der Waals surface area contributed by atoms with Crippen LogP contribution in [0.15, 0.2) is 79.4 Å². The van der Waals surface area contributed by atoms with E-state index in [0.717, 1.165) is 45.9 Å². The van der Waals surface area contributed by atoms with Gasteiger partial charge in [-0.3, -0.25) is 0 Å². The van der Waals surface area contributed by atoms with E-state index >= 15 is 0 Å². The van der Waals surface area contributed by atoms with E-state index in [0.29, 0.717) is 16.8 Å². The van der Waals surface area contributed by atoms with E-state index in [-0.39, 0.29) is 5.92 Å². The fraction of sp³-hybridized carbons (Fsp3) is 0.222. The van der Waals surface area contributed by atoms with Gasteiger partial charge in [-0.05, 0) is 71.2 Å². The Balaban J connectivity index is 1.41. The van der Waals surface area contributed by atoms with E-state index in [4.69, 9.17) is 22.3 Å². The Hall–Kier alpha value is -4.04. The van der Waals surface area contributed by atoms with E-state index in [1.165, 1.54) is 12.8 Å². The van der Waals surface area contributed by atoms with Crippen LogP contribution in [0.1, 0.15) is 43.5 Å². The maximum Gasteiger partial charge on any atom is 0.143 e. The minimum Gasteiger partial charge on any atom is -0.384 e. The zero-order chi connectivity index (χ0) is 25.1. The molecule has 5 rings (SSSR count). The Kier molecular flexibility index (Phi) is 6.77. The highest BCUT2D eigenvalue weighted by Crippen LogP contribution is 2.41. The maximum absolute atomic E-state index is 6.34. The third-order valence-electron chi connectivity index (χ3n) is 6.38. The molecule has 3 aromatic heterocycles. The van der Waals surface area contributed by atoms with E-state index in [1.807, 2.05) is 43.5 Å². The van der Waals surface area contributed by atoms with Crippen LogP contribution in [-0.4, -0.2) is 35.2 Å². The first kappa shape index (κ1) is 23.7. The molecule has 1 saturated carbocycles. The second kappa shape index (κ2) is 10.3. The lowest BCUT2D eigenvalue weighted by molar-refractivity contribution is 0.624. The lowest BCUT2D eigenvalue weighted by atomic mass is 9.92. The highest BCUT2D eigenvalue weighted by Gasteiger charge is 2.29. The van der Waals surface area contributed by atoms with Crippen LogP contribution in [0.3, 0.4) is 0 Å². The molecule has 3 heterocycles. The van der Waals surface area contributed by atoms with Crippen molar-refractivity contribution in [1.29, 1.82) is 0 Å². The van der Waals surface area contributed by atoms with Gasteiger partial charge < -0.3 is 10.7 Å². The predicted octanol–water partition coefficient (Wildman–Crippen LogP) is 5.78. The van der Waals surface area contributed by atoms with Gasteiger partial charge in [0.15, 0.2) is 0 Å². The van der Waals surface area contributed by atoms with Crippen LogP contribution in [-0.2, 0) is 0 Å². The number of pyridine rings is 1. The summed E-state index contributed by atoms with van der Waals surface area (Å²) < 4.78 is 1.63. The van der Waals surface area contributed by atoms with E-state index < -0.39 is 0 Å². The number of aromatic amines is 1. The van der Waals surface area contributed by atoms with Crippen molar-refractivity contribution in [2.45, 2.75) is 32.1 Å². The average molecular weight is 499 g/mol. The van der Waals surface area contributed by atoms with Gasteiger partial charge in [0.1, 0.15) is 18.0 Å². The number of nitrogens with one attached hydrogen (secondary N) is 1. The molecular weight excluding hydrogens is 472 g/mol. The summed E-state index contributed by atoms with van der Waals surface area (Å²) in [4.78, 5) is 12.5. The molecular formula is C27H27ClN8. The van der Waals surface area contributed by atoms with Crippen LogP contribution < -0.4 is 5.73 Å². The van der Waals surface area contributed by atoms with Crippen molar-refractivity contribution < 1.29 is 0 Å². The summed E-state index contributed by atoms with van der Waals surface area (Å²) >= 11 is 6.34. The standard InChI is InChI=1S/C27H27ClN8/c1-3-19(23-13-21(28)9-10-25(23)36-16-32-34-35-36)7-4-17(2)22(12-18-5-6-18)27-31-15-24(33-27)20-8-11-26(29)30-14-20/h3-4,7-11,13-16,18,22H,2,5-6,12H2,1H3,(H2,29,30)(H,31,33)/b7-4-,19-3+. The Bertz CT molecular complexity index is 1410. The molecule has 1 unspecified atom stereocenters. The second-order valence-corrected chi connectivity index (χ2v) is 9.38. The highest BCUT2D eigenvalue weighted by atomic mass is 35.5. The molecule has 0 bridgehead atoms. The minimum absolute atomic E-state index is 0.0840. The van der Waals surface area contributed by atoms with Crippen LogP contribution in [0.2, 0.25) is 5.02 Å². The van der Waals surface area contributed by atoms with Crippen LogP contribution in [0.5, 0.6) is 0 Å². The third-order valence-corrected chi connectivity index (χ3v) is 6.61. The van der Waals surface area contributed by atoms with Gasteiger partial charge in [0, 0.05) is 34.5 Å². The number of nitrogens with zero attached hydrogens (tertiary/aromatic N) is 6. The molecule has 9 heteroatoms. The lowest BCUT2D eigenvalue weighted by Gasteiger charge is -2.15. The number of rotatable bonds is 9. The van der Waals surface area contributed by atoms with Crippen LogP contribution in [0, 0.1) is 5.92 Å². The molecule has 0 saturated heterocycles. The first-order valence-corrected chi connectivity index (χ1v) is 12.2. The molecule has 8 nitrogen and oxygen atoms in total. The number of anilines is 1. The van der Waals surface area contributed by atoms with Gasteiger partial charge in [0.2, 0.25) is 0 Å². The maximum atomic E-state index is 6.34. The molecule has 1 aliphatic rings. The number of aromatic nitrogens is 7. The molecule has 1 atom stereocenters. The largest absolute Gasteiger partial charge is 0.384 e. The molecule has 36 heavy (non-hydrogen) atoms. The number of H-pyrrole nitrogens is 1.